The molecule has 1 aromatic carbocycles. The second kappa shape index (κ2) is 10.3. The summed E-state index contributed by atoms with van der Waals surface area (Å²) >= 11 is 0. The van der Waals surface area contributed by atoms with Crippen molar-refractivity contribution in [2.75, 3.05) is 27.4 Å². The molecule has 138 valence electrons. The molecule has 0 amide bonds. The standard InChI is InChI=1S/C17H23NO7/c1-4-5-10-25-13-8-6-12(7-9-13)14(11-18(21)22)15(16(19)23-2)17(20)24-3/h6-9,14-15H,4-5,10-11H2,1-3H3. The summed E-state index contributed by atoms with van der Waals surface area (Å²) in [7, 11) is 2.23. The molecule has 0 aromatic heterocycles. The summed E-state index contributed by atoms with van der Waals surface area (Å²) in [5.74, 6) is -3.54. The van der Waals surface area contributed by atoms with Gasteiger partial charge < -0.3 is 14.2 Å². The van der Waals surface area contributed by atoms with Crippen LogP contribution in [-0.2, 0) is 19.1 Å². The molecule has 0 aliphatic carbocycles. The summed E-state index contributed by atoms with van der Waals surface area (Å²) in [5, 5.41) is 11.0. The first-order valence-corrected chi connectivity index (χ1v) is 7.94. The third-order valence-corrected chi connectivity index (χ3v) is 3.73. The van der Waals surface area contributed by atoms with E-state index in [4.69, 9.17) is 4.74 Å². The predicted octanol–water partition coefficient (Wildman–Crippen LogP) is 2.19. The molecule has 25 heavy (non-hydrogen) atoms. The van der Waals surface area contributed by atoms with Gasteiger partial charge in [-0.05, 0) is 24.1 Å². The van der Waals surface area contributed by atoms with Crippen LogP contribution in [0.25, 0.3) is 0 Å². The smallest absolute Gasteiger partial charge is 0.320 e. The van der Waals surface area contributed by atoms with Gasteiger partial charge in [-0.3, -0.25) is 19.7 Å². The summed E-state index contributed by atoms with van der Waals surface area (Å²) in [4.78, 5) is 34.4. The number of methoxy groups -OCH3 is 2. The van der Waals surface area contributed by atoms with Gasteiger partial charge in [0.1, 0.15) is 5.75 Å². The molecule has 0 fully saturated rings. The number of esters is 2. The Labute approximate surface area is 146 Å². The Bertz CT molecular complexity index is 569. The molecule has 0 radical (unpaired) electrons. The molecule has 0 N–H and O–H groups in total. The third kappa shape index (κ3) is 6.06. The zero-order chi connectivity index (χ0) is 18.8. The molecule has 0 aliphatic heterocycles. The van der Waals surface area contributed by atoms with Crippen molar-refractivity contribution in [1.82, 2.24) is 0 Å². The number of hydrogen-bond donors (Lipinski definition) is 0. The number of ether oxygens (including phenoxy) is 3. The van der Waals surface area contributed by atoms with Crippen molar-refractivity contribution in [3.05, 3.63) is 39.9 Å². The largest absolute Gasteiger partial charge is 0.494 e. The van der Waals surface area contributed by atoms with Crippen molar-refractivity contribution >= 4 is 11.9 Å². The second-order valence-electron chi connectivity index (χ2n) is 5.42. The minimum atomic E-state index is -1.41. The van der Waals surface area contributed by atoms with E-state index in [9.17, 15) is 19.7 Å². The molecular formula is C17H23NO7. The zero-order valence-electron chi connectivity index (χ0n) is 14.6. The van der Waals surface area contributed by atoms with Crippen LogP contribution in [0.3, 0.4) is 0 Å². The molecule has 0 aliphatic rings. The quantitative estimate of drug-likeness (QED) is 0.209. The first-order chi connectivity index (χ1) is 11.9. The average molecular weight is 353 g/mol. The van der Waals surface area contributed by atoms with Gasteiger partial charge in [0.2, 0.25) is 6.54 Å². The second-order valence-corrected chi connectivity index (χ2v) is 5.42. The van der Waals surface area contributed by atoms with Crippen molar-refractivity contribution < 1.29 is 28.7 Å². The summed E-state index contributed by atoms with van der Waals surface area (Å²) < 4.78 is 14.8. The number of benzene rings is 1. The lowest BCUT2D eigenvalue weighted by Crippen LogP contribution is -2.35. The minimum Gasteiger partial charge on any atom is -0.494 e. The van der Waals surface area contributed by atoms with Gasteiger partial charge in [-0.1, -0.05) is 25.5 Å². The van der Waals surface area contributed by atoms with Crippen molar-refractivity contribution in [3.63, 3.8) is 0 Å². The molecule has 0 spiro atoms. The van der Waals surface area contributed by atoms with Gasteiger partial charge >= 0.3 is 11.9 Å². The van der Waals surface area contributed by atoms with Crippen molar-refractivity contribution in [1.29, 1.82) is 0 Å². The first-order valence-electron chi connectivity index (χ1n) is 7.94. The van der Waals surface area contributed by atoms with Crippen LogP contribution in [0.1, 0.15) is 31.2 Å². The topological polar surface area (TPSA) is 105 Å². The Balaban J connectivity index is 3.09. The highest BCUT2D eigenvalue weighted by Gasteiger charge is 2.40. The monoisotopic (exact) mass is 353 g/mol. The summed E-state index contributed by atoms with van der Waals surface area (Å²) in [6.07, 6.45) is 1.92. The van der Waals surface area contributed by atoms with E-state index in [1.807, 2.05) is 0 Å². The van der Waals surface area contributed by atoms with Gasteiger partial charge in [0.25, 0.3) is 0 Å². The fourth-order valence-electron chi connectivity index (χ4n) is 2.39. The molecule has 1 rings (SSSR count). The van der Waals surface area contributed by atoms with Gasteiger partial charge in [-0.25, -0.2) is 0 Å². The van der Waals surface area contributed by atoms with Crippen LogP contribution >= 0.6 is 0 Å². The molecule has 8 nitrogen and oxygen atoms in total. The van der Waals surface area contributed by atoms with Gasteiger partial charge in [-0.2, -0.15) is 0 Å². The number of carbonyl (C=O) groups is 2. The van der Waals surface area contributed by atoms with E-state index < -0.39 is 35.2 Å². The fraction of sp³-hybridized carbons (Fsp3) is 0.529. The van der Waals surface area contributed by atoms with Gasteiger partial charge in [0.15, 0.2) is 5.92 Å². The lowest BCUT2D eigenvalue weighted by atomic mass is 9.85. The number of nitrogens with zero attached hydrogens (tertiary/aromatic N) is 1. The Kier molecular flexibility index (Phi) is 8.38. The lowest BCUT2D eigenvalue weighted by Gasteiger charge is -2.21. The van der Waals surface area contributed by atoms with Crippen LogP contribution in [0.5, 0.6) is 5.75 Å². The maximum absolute atomic E-state index is 12.0. The van der Waals surface area contributed by atoms with Crippen molar-refractivity contribution in [3.8, 4) is 5.75 Å². The lowest BCUT2D eigenvalue weighted by molar-refractivity contribution is -0.484. The summed E-state index contributed by atoms with van der Waals surface area (Å²) in [6.45, 7) is 2.01. The number of nitro groups is 1. The molecule has 8 heteroatoms. The molecule has 1 unspecified atom stereocenters. The van der Waals surface area contributed by atoms with E-state index in [1.54, 1.807) is 24.3 Å². The maximum atomic E-state index is 12.0. The molecular weight excluding hydrogens is 330 g/mol. The van der Waals surface area contributed by atoms with Gasteiger partial charge in [0, 0.05) is 4.92 Å². The highest BCUT2D eigenvalue weighted by atomic mass is 16.6. The van der Waals surface area contributed by atoms with Crippen LogP contribution in [0.15, 0.2) is 24.3 Å². The van der Waals surface area contributed by atoms with Crippen molar-refractivity contribution in [2.24, 2.45) is 5.92 Å². The van der Waals surface area contributed by atoms with E-state index in [0.717, 1.165) is 27.1 Å². The Morgan fingerprint density at radius 1 is 1.12 bits per heavy atom. The molecule has 0 saturated carbocycles. The van der Waals surface area contributed by atoms with E-state index in [1.165, 1.54) is 0 Å². The fourth-order valence-corrected chi connectivity index (χ4v) is 2.39. The minimum absolute atomic E-state index is 0.459. The molecule has 1 aromatic rings. The van der Waals surface area contributed by atoms with Crippen molar-refractivity contribution in [2.45, 2.75) is 25.7 Å². The highest BCUT2D eigenvalue weighted by molar-refractivity contribution is 5.96. The molecule has 0 heterocycles. The van der Waals surface area contributed by atoms with Crippen LogP contribution in [0.2, 0.25) is 0 Å². The number of hydrogen-bond acceptors (Lipinski definition) is 7. The van der Waals surface area contributed by atoms with Crippen LogP contribution in [0, 0.1) is 16.0 Å². The van der Waals surface area contributed by atoms with Crippen LogP contribution in [-0.4, -0.2) is 44.2 Å². The molecule has 1 atom stereocenters. The zero-order valence-corrected chi connectivity index (χ0v) is 14.6. The Hall–Kier alpha value is -2.64. The molecule has 0 saturated heterocycles. The van der Waals surface area contributed by atoms with Gasteiger partial charge in [0.05, 0.1) is 26.7 Å². The summed E-state index contributed by atoms with van der Waals surface area (Å²) in [5.41, 5.74) is 0.459. The van der Waals surface area contributed by atoms with E-state index in [0.29, 0.717) is 17.9 Å². The van der Waals surface area contributed by atoms with Crippen LogP contribution < -0.4 is 4.74 Å². The Morgan fingerprint density at radius 2 is 1.68 bits per heavy atom. The van der Waals surface area contributed by atoms with E-state index >= 15 is 0 Å². The predicted molar refractivity (Wildman–Crippen MR) is 89.0 cm³/mol. The summed E-state index contributed by atoms with van der Waals surface area (Å²) in [6, 6.07) is 6.52. The highest BCUT2D eigenvalue weighted by Crippen LogP contribution is 2.29. The first kappa shape index (κ1) is 20.4. The van der Waals surface area contributed by atoms with E-state index in [2.05, 4.69) is 16.4 Å². The maximum Gasteiger partial charge on any atom is 0.320 e. The third-order valence-electron chi connectivity index (χ3n) is 3.73. The number of rotatable bonds is 10. The normalized spacial score (nSPS) is 11.7. The van der Waals surface area contributed by atoms with Gasteiger partial charge in [-0.15, -0.1) is 0 Å². The van der Waals surface area contributed by atoms with E-state index in [-0.39, 0.29) is 0 Å². The Morgan fingerprint density at radius 3 is 2.12 bits per heavy atom. The molecule has 0 bridgehead atoms. The number of carbonyl (C=O) groups excluding carboxylic acids is 2. The SMILES string of the molecule is CCCCOc1ccc(C(C[N+](=O)[O-])C(C(=O)OC)C(=O)OC)cc1. The van der Waals surface area contributed by atoms with Crippen LogP contribution in [0.4, 0.5) is 0 Å². The number of unbranched alkanes of at least 4 members (excludes halogenated alkanes) is 1. The average Bonchev–Trinajstić information content (AvgIpc) is 2.61.